The van der Waals surface area contributed by atoms with Crippen molar-refractivity contribution in [3.05, 3.63) is 58.7 Å². The van der Waals surface area contributed by atoms with Crippen molar-refractivity contribution in [2.75, 3.05) is 18.5 Å². The molecule has 1 aromatic heterocycles. The number of anilines is 1. The number of benzene rings is 1. The van der Waals surface area contributed by atoms with E-state index in [1.165, 1.54) is 18.3 Å². The average Bonchev–Trinajstić information content (AvgIpc) is 2.68. The number of rotatable bonds is 4. The first-order valence-electron chi connectivity index (χ1n) is 8.45. The Morgan fingerprint density at radius 3 is 2.79 bits per heavy atom. The van der Waals surface area contributed by atoms with E-state index in [-0.39, 0.29) is 29.4 Å². The number of nitrogens with one attached hydrogen (secondary N) is 1. The lowest BCUT2D eigenvalue weighted by Crippen LogP contribution is -2.45. The maximum Gasteiger partial charge on any atom is 0.274 e. The average molecular weight is 403 g/mol. The normalized spacial score (nSPS) is 18.8. The van der Waals surface area contributed by atoms with Crippen LogP contribution < -0.4 is 11.1 Å². The molecular formula is C19H16F3N5O2. The Hall–Kier alpha value is -3.45. The number of ether oxygens (including phenoxy) is 1. The number of hydrogen-bond donors (Lipinski definition) is 2. The van der Waals surface area contributed by atoms with Gasteiger partial charge in [-0.2, -0.15) is 5.26 Å². The van der Waals surface area contributed by atoms with Crippen LogP contribution in [0.25, 0.3) is 0 Å². The number of halogens is 3. The van der Waals surface area contributed by atoms with Crippen LogP contribution in [0.15, 0.2) is 35.5 Å². The second-order valence-electron chi connectivity index (χ2n) is 6.47. The molecule has 0 bridgehead atoms. The van der Waals surface area contributed by atoms with Gasteiger partial charge in [0.15, 0.2) is 5.54 Å². The van der Waals surface area contributed by atoms with E-state index in [9.17, 15) is 18.0 Å². The summed E-state index contributed by atoms with van der Waals surface area (Å²) < 4.78 is 47.2. The molecule has 2 aromatic rings. The zero-order chi connectivity index (χ0) is 21.2. The van der Waals surface area contributed by atoms with Gasteiger partial charge >= 0.3 is 0 Å². The zero-order valence-corrected chi connectivity index (χ0v) is 15.2. The fourth-order valence-electron chi connectivity index (χ4n) is 3.00. The van der Waals surface area contributed by atoms with Crippen LogP contribution in [0.4, 0.5) is 18.9 Å². The maximum absolute atomic E-state index is 14.4. The van der Waals surface area contributed by atoms with E-state index in [1.54, 1.807) is 6.92 Å². The molecule has 1 aliphatic rings. The molecule has 2 heterocycles. The molecule has 0 spiro atoms. The highest BCUT2D eigenvalue weighted by Gasteiger charge is 2.46. The first kappa shape index (κ1) is 20.3. The minimum Gasteiger partial charge on any atom is -0.385 e. The van der Waals surface area contributed by atoms with Gasteiger partial charge in [-0.3, -0.25) is 9.79 Å². The van der Waals surface area contributed by atoms with Gasteiger partial charge in [0.05, 0.1) is 12.2 Å². The Kier molecular flexibility index (Phi) is 5.52. The lowest BCUT2D eigenvalue weighted by atomic mass is 9.90. The van der Waals surface area contributed by atoms with Gasteiger partial charge in [-0.15, -0.1) is 0 Å². The van der Waals surface area contributed by atoms with Gasteiger partial charge in [0.25, 0.3) is 12.3 Å². The number of amidine groups is 1. The van der Waals surface area contributed by atoms with Crippen LogP contribution in [0, 0.1) is 24.1 Å². The zero-order valence-electron chi connectivity index (χ0n) is 15.2. The Labute approximate surface area is 164 Å². The van der Waals surface area contributed by atoms with E-state index in [0.717, 1.165) is 12.1 Å². The number of alkyl halides is 2. The molecular weight excluding hydrogens is 387 g/mol. The first-order valence-corrected chi connectivity index (χ1v) is 8.45. The summed E-state index contributed by atoms with van der Waals surface area (Å²) in [6.07, 6.45) is -1.86. The van der Waals surface area contributed by atoms with Crippen LogP contribution in [-0.2, 0) is 10.3 Å². The third kappa shape index (κ3) is 3.90. The Balaban J connectivity index is 1.96. The fraction of sp³-hybridized carbons (Fsp3) is 0.263. The summed E-state index contributed by atoms with van der Waals surface area (Å²) in [5.74, 6) is -1.75. The van der Waals surface area contributed by atoms with Crippen LogP contribution >= 0.6 is 0 Å². The van der Waals surface area contributed by atoms with Crippen molar-refractivity contribution in [2.45, 2.75) is 18.9 Å². The molecule has 1 amide bonds. The summed E-state index contributed by atoms with van der Waals surface area (Å²) in [5.41, 5.74) is 3.63. The second-order valence-corrected chi connectivity index (χ2v) is 6.47. The number of carbonyl (C=O) groups excluding carboxylic acids is 1. The number of aromatic nitrogens is 1. The minimum absolute atomic E-state index is 0.0433. The topological polar surface area (TPSA) is 113 Å². The summed E-state index contributed by atoms with van der Waals surface area (Å²) >= 11 is 0. The molecule has 1 unspecified atom stereocenters. The summed E-state index contributed by atoms with van der Waals surface area (Å²) in [5, 5.41) is 11.4. The molecule has 3 rings (SSSR count). The monoisotopic (exact) mass is 403 g/mol. The fourth-order valence-corrected chi connectivity index (χ4v) is 3.00. The lowest BCUT2D eigenvalue weighted by Gasteiger charge is -2.33. The van der Waals surface area contributed by atoms with E-state index >= 15 is 0 Å². The van der Waals surface area contributed by atoms with Gasteiger partial charge in [-0.1, -0.05) is 0 Å². The molecule has 150 valence electrons. The third-order valence-corrected chi connectivity index (χ3v) is 4.39. The number of nitriles is 1. The number of aryl methyl sites for hydroxylation is 1. The van der Waals surface area contributed by atoms with Gasteiger partial charge in [0.2, 0.25) is 0 Å². The molecule has 0 saturated carbocycles. The van der Waals surface area contributed by atoms with Gasteiger partial charge in [-0.25, -0.2) is 18.2 Å². The Morgan fingerprint density at radius 2 is 2.17 bits per heavy atom. The van der Waals surface area contributed by atoms with Crippen molar-refractivity contribution in [3.63, 3.8) is 0 Å². The van der Waals surface area contributed by atoms with Crippen molar-refractivity contribution >= 4 is 17.4 Å². The molecule has 10 heteroatoms. The highest BCUT2D eigenvalue weighted by atomic mass is 19.3. The number of pyridine rings is 1. The third-order valence-electron chi connectivity index (χ3n) is 4.39. The lowest BCUT2D eigenvalue weighted by molar-refractivity contribution is -0.0145. The highest BCUT2D eigenvalue weighted by Crippen LogP contribution is 2.38. The number of hydrogen-bond acceptors (Lipinski definition) is 6. The van der Waals surface area contributed by atoms with E-state index in [2.05, 4.69) is 15.3 Å². The van der Waals surface area contributed by atoms with Crippen LogP contribution in [0.3, 0.4) is 0 Å². The number of nitrogens with two attached hydrogens (primary N) is 1. The van der Waals surface area contributed by atoms with Gasteiger partial charge in [0.1, 0.15) is 30.0 Å². The molecule has 7 nitrogen and oxygen atoms in total. The predicted octanol–water partition coefficient (Wildman–Crippen LogP) is 2.50. The molecule has 0 saturated heterocycles. The van der Waals surface area contributed by atoms with Gasteiger partial charge in [-0.05, 0) is 36.8 Å². The number of nitrogens with zero attached hydrogens (tertiary/aromatic N) is 3. The van der Waals surface area contributed by atoms with Crippen LogP contribution in [0.1, 0.15) is 27.2 Å². The minimum atomic E-state index is -3.09. The number of aliphatic imine (C=N–C) groups is 1. The second kappa shape index (κ2) is 7.89. The largest absolute Gasteiger partial charge is 0.385 e. The summed E-state index contributed by atoms with van der Waals surface area (Å²) in [6, 6.07) is 6.65. The van der Waals surface area contributed by atoms with Crippen LogP contribution in [0.2, 0.25) is 0 Å². The van der Waals surface area contributed by atoms with Crippen molar-refractivity contribution in [3.8, 4) is 6.07 Å². The quantitative estimate of drug-likeness (QED) is 0.814. The molecule has 1 aromatic carbocycles. The summed E-state index contributed by atoms with van der Waals surface area (Å²) in [6.45, 7) is 0.910. The van der Waals surface area contributed by atoms with Crippen LogP contribution in [-0.4, -0.2) is 36.4 Å². The molecule has 1 atom stereocenters. The Morgan fingerprint density at radius 1 is 1.41 bits per heavy atom. The van der Waals surface area contributed by atoms with E-state index in [1.807, 2.05) is 6.07 Å². The molecule has 0 radical (unpaired) electrons. The molecule has 1 aliphatic heterocycles. The predicted molar refractivity (Wildman–Crippen MR) is 98.2 cm³/mol. The van der Waals surface area contributed by atoms with Gasteiger partial charge < -0.3 is 15.8 Å². The summed E-state index contributed by atoms with van der Waals surface area (Å²) in [4.78, 5) is 20.2. The van der Waals surface area contributed by atoms with Crippen molar-refractivity contribution in [1.82, 2.24) is 4.98 Å². The molecule has 0 aliphatic carbocycles. The Bertz CT molecular complexity index is 1030. The SMILES string of the molecule is Cc1cc(C#N)cnc1C(=O)Nc1ccc(F)c(C2(C(F)F)COCC(N)=N2)c1. The van der Waals surface area contributed by atoms with Crippen molar-refractivity contribution in [1.29, 1.82) is 5.26 Å². The van der Waals surface area contributed by atoms with Gasteiger partial charge in [0, 0.05) is 17.4 Å². The van der Waals surface area contributed by atoms with Crippen molar-refractivity contribution < 1.29 is 22.7 Å². The van der Waals surface area contributed by atoms with E-state index in [4.69, 9.17) is 15.7 Å². The van der Waals surface area contributed by atoms with E-state index in [0.29, 0.717) is 5.56 Å². The maximum atomic E-state index is 14.4. The summed E-state index contributed by atoms with van der Waals surface area (Å²) in [7, 11) is 0. The number of carbonyl (C=O) groups is 1. The smallest absolute Gasteiger partial charge is 0.274 e. The van der Waals surface area contributed by atoms with Crippen LogP contribution in [0.5, 0.6) is 0 Å². The van der Waals surface area contributed by atoms with E-state index < -0.39 is 35.9 Å². The van der Waals surface area contributed by atoms with Crippen molar-refractivity contribution in [2.24, 2.45) is 10.7 Å². The molecule has 29 heavy (non-hydrogen) atoms. The highest BCUT2D eigenvalue weighted by molar-refractivity contribution is 6.03. The first-order chi connectivity index (χ1) is 13.8. The standard InChI is InChI=1S/C19H16F3N5O2/c1-10-4-11(6-23)7-25-16(10)17(28)26-12-2-3-14(20)13(5-12)19(18(21)22)9-29-8-15(24)27-19/h2-5,7,18H,8-9H2,1H3,(H2,24,27)(H,26,28). The molecule has 0 fully saturated rings. The number of amides is 1. The molecule has 3 N–H and O–H groups in total.